The smallest absolute Gasteiger partial charge is 0.270 e. The van der Waals surface area contributed by atoms with Gasteiger partial charge in [-0.1, -0.05) is 6.07 Å². The predicted octanol–water partition coefficient (Wildman–Crippen LogP) is 1.45. The minimum absolute atomic E-state index is 0.131. The second kappa shape index (κ2) is 7.51. The Morgan fingerprint density at radius 3 is 2.38 bits per heavy atom. The van der Waals surface area contributed by atoms with Crippen LogP contribution < -0.4 is 15.8 Å². The van der Waals surface area contributed by atoms with Crippen molar-refractivity contribution in [1.82, 2.24) is 10.0 Å². The number of primary amides is 1. The lowest BCUT2D eigenvalue weighted by atomic mass is 9.47. The van der Waals surface area contributed by atoms with Crippen LogP contribution in [0.15, 0.2) is 29.2 Å². The first-order chi connectivity index (χ1) is 14.8. The molecule has 4 aliphatic rings. The second-order valence-corrected chi connectivity index (χ2v) is 11.8. The molecule has 4 N–H and O–H groups in total. The highest BCUT2D eigenvalue weighted by molar-refractivity contribution is 7.89. The molecule has 2 unspecified atom stereocenters. The maximum absolute atomic E-state index is 13.1. The third-order valence-corrected chi connectivity index (χ3v) is 9.04. The van der Waals surface area contributed by atoms with Gasteiger partial charge in [0, 0.05) is 23.6 Å². The molecule has 0 aromatic heterocycles. The van der Waals surface area contributed by atoms with Crippen molar-refractivity contribution in [3.8, 4) is 0 Å². The van der Waals surface area contributed by atoms with E-state index in [4.69, 9.17) is 5.73 Å². The minimum Gasteiger partial charge on any atom is -0.369 e. The summed E-state index contributed by atoms with van der Waals surface area (Å²) in [4.78, 5) is 35.2. The summed E-state index contributed by atoms with van der Waals surface area (Å²) in [6.45, 7) is 2.91. The summed E-state index contributed by atoms with van der Waals surface area (Å²) >= 11 is 0. The molecule has 4 fully saturated rings. The number of carbonyl (C=O) groups is 2. The summed E-state index contributed by atoms with van der Waals surface area (Å²) < 4.78 is 28.0. The largest absolute Gasteiger partial charge is 0.369 e. The number of benzene rings is 1. The first kappa shape index (κ1) is 22.7. The van der Waals surface area contributed by atoms with Gasteiger partial charge in [-0.3, -0.25) is 19.7 Å². The van der Waals surface area contributed by atoms with E-state index in [0.717, 1.165) is 25.3 Å². The first-order valence-electron chi connectivity index (χ1n) is 10.7. The fourth-order valence-electron chi connectivity index (χ4n) is 6.10. The fourth-order valence-corrected chi connectivity index (χ4v) is 7.51. The summed E-state index contributed by atoms with van der Waals surface area (Å²) in [6.07, 6.45) is 3.98. The van der Waals surface area contributed by atoms with Gasteiger partial charge in [-0.2, -0.15) is 4.72 Å². The number of sulfonamides is 1. The maximum Gasteiger partial charge on any atom is 0.270 e. The number of carbonyl (C=O) groups excluding carboxylic acids is 2. The third-order valence-electron chi connectivity index (χ3n) is 7.39. The Hall–Kier alpha value is -2.53. The Kier molecular flexibility index (Phi) is 5.32. The minimum atomic E-state index is -4.18. The van der Waals surface area contributed by atoms with E-state index in [1.54, 1.807) is 0 Å². The Morgan fingerprint density at radius 1 is 1.19 bits per heavy atom. The van der Waals surface area contributed by atoms with Crippen molar-refractivity contribution < 1.29 is 22.9 Å². The molecule has 11 heteroatoms. The van der Waals surface area contributed by atoms with Gasteiger partial charge in [0.05, 0.1) is 9.82 Å². The van der Waals surface area contributed by atoms with Gasteiger partial charge in [-0.25, -0.2) is 8.42 Å². The molecule has 10 nitrogen and oxygen atoms in total. The molecule has 2 atom stereocenters. The normalized spacial score (nSPS) is 31.3. The van der Waals surface area contributed by atoms with Gasteiger partial charge in [-0.05, 0) is 69.8 Å². The van der Waals surface area contributed by atoms with Crippen LogP contribution in [0.2, 0.25) is 0 Å². The van der Waals surface area contributed by atoms with E-state index < -0.39 is 31.8 Å². The maximum atomic E-state index is 13.1. The Labute approximate surface area is 186 Å². The zero-order chi connectivity index (χ0) is 23.5. The van der Waals surface area contributed by atoms with E-state index in [0.29, 0.717) is 18.8 Å². The second-order valence-electron chi connectivity index (χ2n) is 10.1. The number of nitro benzene ring substituents is 1. The van der Waals surface area contributed by atoms with E-state index >= 15 is 0 Å². The van der Waals surface area contributed by atoms with Crippen LogP contribution >= 0.6 is 0 Å². The highest BCUT2D eigenvalue weighted by Crippen LogP contribution is 2.59. The Balaban J connectivity index is 1.48. The molecule has 4 saturated carbocycles. The Morgan fingerprint density at radius 2 is 1.81 bits per heavy atom. The van der Waals surface area contributed by atoms with Crippen LogP contribution in [0.4, 0.5) is 5.69 Å². The quantitative estimate of drug-likeness (QED) is 0.409. The van der Waals surface area contributed by atoms with Crippen LogP contribution in [-0.4, -0.2) is 36.7 Å². The number of nitrogens with one attached hydrogen (secondary N) is 2. The molecule has 0 spiro atoms. The van der Waals surface area contributed by atoms with E-state index in [-0.39, 0.29) is 34.4 Å². The van der Waals surface area contributed by atoms with Gasteiger partial charge in [0.15, 0.2) is 0 Å². The van der Waals surface area contributed by atoms with Crippen LogP contribution in [-0.2, 0) is 19.6 Å². The number of amides is 2. The number of hydrogen-bond donors (Lipinski definition) is 3. The van der Waals surface area contributed by atoms with Crippen molar-refractivity contribution in [3.63, 3.8) is 0 Å². The molecule has 4 bridgehead atoms. The lowest BCUT2D eigenvalue weighted by Gasteiger charge is -2.59. The molecule has 0 radical (unpaired) electrons. The van der Waals surface area contributed by atoms with Crippen molar-refractivity contribution in [2.75, 3.05) is 0 Å². The van der Waals surface area contributed by atoms with E-state index in [1.165, 1.54) is 32.0 Å². The summed E-state index contributed by atoms with van der Waals surface area (Å²) in [5.74, 6) is -0.0129. The van der Waals surface area contributed by atoms with Crippen molar-refractivity contribution in [3.05, 3.63) is 34.4 Å². The molecule has 0 saturated heterocycles. The highest BCUT2D eigenvalue weighted by atomic mass is 32.2. The number of nitrogens with two attached hydrogens (primary N) is 1. The number of nitro groups is 1. The lowest BCUT2D eigenvalue weighted by Crippen LogP contribution is -2.65. The first-order valence-corrected chi connectivity index (χ1v) is 12.2. The van der Waals surface area contributed by atoms with E-state index in [2.05, 4.69) is 10.0 Å². The fraction of sp³-hybridized carbons (Fsp3) is 0.619. The van der Waals surface area contributed by atoms with Crippen LogP contribution in [0.3, 0.4) is 0 Å². The zero-order valence-electron chi connectivity index (χ0n) is 18.0. The van der Waals surface area contributed by atoms with Crippen LogP contribution in [0, 0.1) is 33.3 Å². The van der Waals surface area contributed by atoms with Gasteiger partial charge in [0.25, 0.3) is 5.69 Å². The summed E-state index contributed by atoms with van der Waals surface area (Å²) in [5.41, 5.74) is 3.40. The van der Waals surface area contributed by atoms with E-state index in [9.17, 15) is 28.1 Å². The number of hydrogen-bond acceptors (Lipinski definition) is 6. The molecule has 2 amide bonds. The molecule has 1 aromatic carbocycles. The van der Waals surface area contributed by atoms with Gasteiger partial charge in [0.1, 0.15) is 5.54 Å². The topological polar surface area (TPSA) is 162 Å². The van der Waals surface area contributed by atoms with Crippen molar-refractivity contribution in [2.45, 2.75) is 62.4 Å². The Bertz CT molecular complexity index is 1070. The van der Waals surface area contributed by atoms with Crippen molar-refractivity contribution >= 4 is 27.5 Å². The zero-order valence-corrected chi connectivity index (χ0v) is 18.9. The highest BCUT2D eigenvalue weighted by Gasteiger charge is 2.58. The lowest BCUT2D eigenvalue weighted by molar-refractivity contribution is -0.385. The number of rotatable bonds is 7. The summed E-state index contributed by atoms with van der Waals surface area (Å²) in [5, 5.41) is 14.0. The third kappa shape index (κ3) is 3.88. The van der Waals surface area contributed by atoms with Gasteiger partial charge < -0.3 is 11.1 Å². The molecular formula is C21H28N4O6S. The SMILES string of the molecule is CC(C)(NS(=O)(=O)c1cccc([N+](=O)[O-])c1)C(=O)NC1C2CC3CC1CC(C(N)=O)(C3)C2. The van der Waals surface area contributed by atoms with Gasteiger partial charge in [0.2, 0.25) is 21.8 Å². The average Bonchev–Trinajstić information content (AvgIpc) is 2.69. The molecule has 5 rings (SSSR count). The standard InChI is InChI=1S/C21H28N4O6S/c1-20(2,24-32(30,31)16-5-3-4-15(8-16)25(28)29)19(27)23-17-13-6-12-7-14(17)11-21(9-12,10-13)18(22)26/h3-5,8,12-14,17,24H,6-7,9-11H2,1-2H3,(H2,22,26)(H,23,27). The van der Waals surface area contributed by atoms with E-state index in [1.807, 2.05) is 0 Å². The van der Waals surface area contributed by atoms with Crippen LogP contribution in [0.25, 0.3) is 0 Å². The molecule has 0 heterocycles. The summed E-state index contributed by atoms with van der Waals surface area (Å²) in [6, 6.07) is 4.54. The molecule has 4 aliphatic carbocycles. The molecule has 1 aromatic rings. The number of nitrogens with zero attached hydrogens (tertiary/aromatic N) is 1. The van der Waals surface area contributed by atoms with Crippen LogP contribution in [0.1, 0.15) is 46.0 Å². The molecular weight excluding hydrogens is 436 g/mol. The van der Waals surface area contributed by atoms with Crippen molar-refractivity contribution in [2.24, 2.45) is 28.9 Å². The molecule has 0 aliphatic heterocycles. The van der Waals surface area contributed by atoms with Gasteiger partial charge >= 0.3 is 0 Å². The average molecular weight is 465 g/mol. The predicted molar refractivity (Wildman–Crippen MR) is 115 cm³/mol. The van der Waals surface area contributed by atoms with Gasteiger partial charge in [-0.15, -0.1) is 0 Å². The molecule has 32 heavy (non-hydrogen) atoms. The van der Waals surface area contributed by atoms with Crippen molar-refractivity contribution in [1.29, 1.82) is 0 Å². The van der Waals surface area contributed by atoms with Crippen LogP contribution in [0.5, 0.6) is 0 Å². The number of non-ortho nitro benzene ring substituents is 1. The molecule has 174 valence electrons. The summed E-state index contributed by atoms with van der Waals surface area (Å²) in [7, 11) is -4.18. The monoisotopic (exact) mass is 464 g/mol.